The second-order valence-corrected chi connectivity index (χ2v) is 6.24. The molecule has 8 heteroatoms. The Hall–Kier alpha value is -1.57. The predicted octanol–water partition coefficient (Wildman–Crippen LogP) is 1.67. The van der Waals surface area contributed by atoms with E-state index in [1.165, 1.54) is 0 Å². The second-order valence-electron chi connectivity index (χ2n) is 5.30. The molecular weight excluding hydrogens is 280 g/mol. The molecule has 1 aromatic rings. The SMILES string of the molecule is CC(C)Oc1nc(N)nc(SCC(=O)OC(C)(C)C)n1. The summed E-state index contributed by atoms with van der Waals surface area (Å²) in [4.78, 5) is 23.5. The van der Waals surface area contributed by atoms with Crippen LogP contribution in [0.5, 0.6) is 6.01 Å². The summed E-state index contributed by atoms with van der Waals surface area (Å²) in [5, 5.41) is 0.332. The molecule has 0 aromatic carbocycles. The highest BCUT2D eigenvalue weighted by Gasteiger charge is 2.17. The number of hydrogen-bond donors (Lipinski definition) is 1. The van der Waals surface area contributed by atoms with E-state index in [-0.39, 0.29) is 29.8 Å². The molecule has 0 aliphatic rings. The summed E-state index contributed by atoms with van der Waals surface area (Å²) in [6, 6.07) is 0.152. The minimum Gasteiger partial charge on any atom is -0.461 e. The van der Waals surface area contributed by atoms with Gasteiger partial charge < -0.3 is 15.2 Å². The number of thioether (sulfide) groups is 1. The molecule has 1 rings (SSSR count). The summed E-state index contributed by atoms with van der Waals surface area (Å²) in [7, 11) is 0. The highest BCUT2D eigenvalue weighted by molar-refractivity contribution is 7.99. The molecule has 0 saturated carbocycles. The number of nitrogens with zero attached hydrogens (tertiary/aromatic N) is 3. The topological polar surface area (TPSA) is 100 Å². The summed E-state index contributed by atoms with van der Waals surface area (Å²) >= 11 is 1.13. The molecule has 0 radical (unpaired) electrons. The quantitative estimate of drug-likeness (QED) is 0.647. The zero-order valence-electron chi connectivity index (χ0n) is 12.3. The molecule has 1 aromatic heterocycles. The molecule has 1 heterocycles. The van der Waals surface area contributed by atoms with Crippen molar-refractivity contribution >= 4 is 23.7 Å². The van der Waals surface area contributed by atoms with Gasteiger partial charge in [-0.15, -0.1) is 0 Å². The van der Waals surface area contributed by atoms with Crippen LogP contribution in [0.2, 0.25) is 0 Å². The fraction of sp³-hybridized carbons (Fsp3) is 0.667. The number of nitrogen functional groups attached to an aromatic ring is 1. The van der Waals surface area contributed by atoms with E-state index >= 15 is 0 Å². The van der Waals surface area contributed by atoms with Crippen LogP contribution in [0, 0.1) is 0 Å². The Morgan fingerprint density at radius 1 is 1.30 bits per heavy atom. The lowest BCUT2D eigenvalue weighted by Gasteiger charge is -2.19. The maximum absolute atomic E-state index is 11.6. The van der Waals surface area contributed by atoms with Gasteiger partial charge in [0, 0.05) is 0 Å². The van der Waals surface area contributed by atoms with Crippen molar-refractivity contribution < 1.29 is 14.3 Å². The van der Waals surface area contributed by atoms with E-state index in [0.29, 0.717) is 5.16 Å². The van der Waals surface area contributed by atoms with Gasteiger partial charge in [-0.25, -0.2) is 0 Å². The molecule has 0 fully saturated rings. The largest absolute Gasteiger partial charge is 0.461 e. The molecule has 112 valence electrons. The summed E-state index contributed by atoms with van der Waals surface area (Å²) < 4.78 is 10.5. The third kappa shape index (κ3) is 6.55. The normalized spacial score (nSPS) is 11.5. The standard InChI is InChI=1S/C12H20N4O3S/c1-7(2)18-10-14-9(13)15-11(16-10)20-6-8(17)19-12(3,4)5/h7H,6H2,1-5H3,(H2,13,14,15,16). The van der Waals surface area contributed by atoms with E-state index in [1.54, 1.807) is 0 Å². The molecule has 20 heavy (non-hydrogen) atoms. The van der Waals surface area contributed by atoms with Crippen LogP contribution in [0.3, 0.4) is 0 Å². The van der Waals surface area contributed by atoms with Crippen LogP contribution in [-0.4, -0.2) is 38.4 Å². The average Bonchev–Trinajstić information content (AvgIpc) is 2.22. The van der Waals surface area contributed by atoms with Crippen LogP contribution in [-0.2, 0) is 9.53 Å². The van der Waals surface area contributed by atoms with E-state index in [1.807, 2.05) is 34.6 Å². The van der Waals surface area contributed by atoms with Crippen LogP contribution in [0.15, 0.2) is 5.16 Å². The minimum absolute atomic E-state index is 0.0577. The zero-order valence-corrected chi connectivity index (χ0v) is 13.2. The number of esters is 1. The van der Waals surface area contributed by atoms with Crippen LogP contribution in [0.4, 0.5) is 5.95 Å². The summed E-state index contributed by atoms with van der Waals surface area (Å²) in [6.45, 7) is 9.14. The fourth-order valence-electron chi connectivity index (χ4n) is 1.18. The molecule has 0 spiro atoms. The Kier molecular flexibility index (Phi) is 5.55. The lowest BCUT2D eigenvalue weighted by molar-refractivity contribution is -0.151. The molecule has 0 bridgehead atoms. The van der Waals surface area contributed by atoms with Gasteiger partial charge >= 0.3 is 12.0 Å². The van der Waals surface area contributed by atoms with Gasteiger partial charge in [0.25, 0.3) is 0 Å². The highest BCUT2D eigenvalue weighted by Crippen LogP contribution is 2.18. The van der Waals surface area contributed by atoms with Gasteiger partial charge in [0.05, 0.1) is 11.9 Å². The third-order valence-corrected chi connectivity index (χ3v) is 2.51. The van der Waals surface area contributed by atoms with Crippen molar-refractivity contribution in [3.8, 4) is 6.01 Å². The summed E-state index contributed by atoms with van der Waals surface area (Å²) in [5.41, 5.74) is 5.06. The molecule has 7 nitrogen and oxygen atoms in total. The van der Waals surface area contributed by atoms with Gasteiger partial charge in [-0.2, -0.15) is 15.0 Å². The van der Waals surface area contributed by atoms with E-state index < -0.39 is 5.60 Å². The second kappa shape index (κ2) is 6.74. The Bertz CT molecular complexity index is 474. The van der Waals surface area contributed by atoms with Gasteiger partial charge in [-0.3, -0.25) is 4.79 Å². The molecule has 0 unspecified atom stereocenters. The molecule has 0 aliphatic carbocycles. The molecule has 0 amide bonds. The van der Waals surface area contributed by atoms with Crippen molar-refractivity contribution in [2.75, 3.05) is 11.5 Å². The van der Waals surface area contributed by atoms with Gasteiger partial charge in [-0.05, 0) is 34.6 Å². The number of nitrogens with two attached hydrogens (primary N) is 1. The van der Waals surface area contributed by atoms with Crippen molar-refractivity contribution in [3.63, 3.8) is 0 Å². The number of carbonyl (C=O) groups excluding carboxylic acids is 1. The number of aromatic nitrogens is 3. The number of ether oxygens (including phenoxy) is 2. The van der Waals surface area contributed by atoms with Crippen LogP contribution < -0.4 is 10.5 Å². The van der Waals surface area contributed by atoms with Crippen LogP contribution >= 0.6 is 11.8 Å². The average molecular weight is 300 g/mol. The first kappa shape index (κ1) is 16.5. The lowest BCUT2D eigenvalue weighted by Crippen LogP contribution is -2.25. The first-order valence-electron chi connectivity index (χ1n) is 6.18. The maximum Gasteiger partial charge on any atom is 0.322 e. The van der Waals surface area contributed by atoms with E-state index in [2.05, 4.69) is 15.0 Å². The first-order valence-corrected chi connectivity index (χ1v) is 7.17. The number of carbonyl (C=O) groups is 1. The Morgan fingerprint density at radius 3 is 2.50 bits per heavy atom. The monoisotopic (exact) mass is 300 g/mol. The Balaban J connectivity index is 2.64. The van der Waals surface area contributed by atoms with Crippen molar-refractivity contribution in [2.24, 2.45) is 0 Å². The number of anilines is 1. The van der Waals surface area contributed by atoms with Gasteiger partial charge in [-0.1, -0.05) is 11.8 Å². The van der Waals surface area contributed by atoms with Crippen molar-refractivity contribution in [1.29, 1.82) is 0 Å². The smallest absolute Gasteiger partial charge is 0.322 e. The molecule has 0 aliphatic heterocycles. The molecule has 0 atom stereocenters. The fourth-order valence-corrected chi connectivity index (χ4v) is 1.78. The van der Waals surface area contributed by atoms with Crippen molar-refractivity contribution in [2.45, 2.75) is 51.5 Å². The van der Waals surface area contributed by atoms with Gasteiger partial charge in [0.15, 0.2) is 5.16 Å². The zero-order chi connectivity index (χ0) is 15.3. The van der Waals surface area contributed by atoms with E-state index in [0.717, 1.165) is 11.8 Å². The van der Waals surface area contributed by atoms with Crippen LogP contribution in [0.25, 0.3) is 0 Å². The van der Waals surface area contributed by atoms with Crippen molar-refractivity contribution in [1.82, 2.24) is 15.0 Å². The van der Waals surface area contributed by atoms with Gasteiger partial charge in [0.1, 0.15) is 5.60 Å². The lowest BCUT2D eigenvalue weighted by atomic mass is 10.2. The van der Waals surface area contributed by atoms with Gasteiger partial charge in [0.2, 0.25) is 5.95 Å². The Morgan fingerprint density at radius 2 is 1.95 bits per heavy atom. The predicted molar refractivity (Wildman–Crippen MR) is 76.6 cm³/mol. The number of hydrogen-bond acceptors (Lipinski definition) is 8. The minimum atomic E-state index is -0.512. The van der Waals surface area contributed by atoms with E-state index in [9.17, 15) is 4.79 Å². The van der Waals surface area contributed by atoms with Crippen molar-refractivity contribution in [3.05, 3.63) is 0 Å². The number of rotatable bonds is 5. The summed E-state index contributed by atoms with van der Waals surface area (Å²) in [5.74, 6) is -0.183. The van der Waals surface area contributed by atoms with E-state index in [4.69, 9.17) is 15.2 Å². The Labute approximate surface area is 122 Å². The molecule has 2 N–H and O–H groups in total. The molecule has 0 saturated heterocycles. The third-order valence-electron chi connectivity index (χ3n) is 1.69. The van der Waals surface area contributed by atoms with Crippen LogP contribution in [0.1, 0.15) is 34.6 Å². The highest BCUT2D eigenvalue weighted by atomic mass is 32.2. The summed E-state index contributed by atoms with van der Waals surface area (Å²) in [6.07, 6.45) is -0.0690. The molecular formula is C12H20N4O3S. The maximum atomic E-state index is 11.6. The first-order chi connectivity index (χ1) is 9.15.